The van der Waals surface area contributed by atoms with Crippen molar-refractivity contribution in [2.45, 2.75) is 13.1 Å². The molecule has 100 valence electrons. The number of benzene rings is 1. The van der Waals surface area contributed by atoms with Gasteiger partial charge in [-0.15, -0.1) is 0 Å². The summed E-state index contributed by atoms with van der Waals surface area (Å²) in [6.07, 6.45) is 3.59. The molecule has 1 aromatic carbocycles. The first kappa shape index (κ1) is 12.6. The molecule has 2 aromatic heterocycles. The molecule has 0 saturated heterocycles. The second-order valence-corrected chi connectivity index (χ2v) is 4.68. The molecule has 3 rings (SSSR count). The lowest BCUT2D eigenvalue weighted by Crippen LogP contribution is -2.09. The molecule has 0 saturated carbocycles. The number of aromatic nitrogens is 2. The molecule has 0 atom stereocenters. The average Bonchev–Trinajstić information content (AvgIpc) is 2.51. The standard InChI is InChI=1S/C16H15N3O/c17-10-13-9-12(5-7-18-13)11-19-8-6-16(20)14-3-1-2-4-15(14)19/h1-9H,10-11,17H2. The number of hydrogen-bond acceptors (Lipinski definition) is 3. The molecular weight excluding hydrogens is 250 g/mol. The summed E-state index contributed by atoms with van der Waals surface area (Å²) >= 11 is 0. The Morgan fingerprint density at radius 3 is 2.85 bits per heavy atom. The zero-order chi connectivity index (χ0) is 13.9. The smallest absolute Gasteiger partial charge is 0.189 e. The van der Waals surface area contributed by atoms with Crippen LogP contribution in [0.4, 0.5) is 0 Å². The quantitative estimate of drug-likeness (QED) is 0.786. The van der Waals surface area contributed by atoms with E-state index in [9.17, 15) is 4.79 Å². The highest BCUT2D eigenvalue weighted by Gasteiger charge is 2.03. The van der Waals surface area contributed by atoms with E-state index < -0.39 is 0 Å². The summed E-state index contributed by atoms with van der Waals surface area (Å²) in [5.41, 5.74) is 8.59. The number of pyridine rings is 2. The molecule has 4 heteroatoms. The third kappa shape index (κ3) is 2.33. The van der Waals surface area contributed by atoms with Crippen LogP contribution >= 0.6 is 0 Å². The Balaban J connectivity index is 2.07. The Morgan fingerprint density at radius 2 is 2.00 bits per heavy atom. The van der Waals surface area contributed by atoms with Crippen molar-refractivity contribution in [3.8, 4) is 0 Å². The van der Waals surface area contributed by atoms with Gasteiger partial charge in [-0.25, -0.2) is 0 Å². The molecule has 3 aromatic rings. The van der Waals surface area contributed by atoms with E-state index in [0.717, 1.165) is 22.2 Å². The third-order valence-electron chi connectivity index (χ3n) is 3.33. The van der Waals surface area contributed by atoms with Gasteiger partial charge in [0.05, 0.1) is 11.2 Å². The molecule has 0 fully saturated rings. The van der Waals surface area contributed by atoms with E-state index in [-0.39, 0.29) is 5.43 Å². The van der Waals surface area contributed by atoms with Gasteiger partial charge in [-0.3, -0.25) is 9.78 Å². The van der Waals surface area contributed by atoms with Gasteiger partial charge in [0.25, 0.3) is 0 Å². The van der Waals surface area contributed by atoms with Gasteiger partial charge in [0.1, 0.15) is 0 Å². The largest absolute Gasteiger partial charge is 0.343 e. The monoisotopic (exact) mass is 265 g/mol. The summed E-state index contributed by atoms with van der Waals surface area (Å²) in [6.45, 7) is 1.12. The molecule has 0 unspecified atom stereocenters. The third-order valence-corrected chi connectivity index (χ3v) is 3.33. The van der Waals surface area contributed by atoms with Crippen LogP contribution in [0.3, 0.4) is 0 Å². The fraction of sp³-hybridized carbons (Fsp3) is 0.125. The lowest BCUT2D eigenvalue weighted by atomic mass is 10.2. The van der Waals surface area contributed by atoms with E-state index in [2.05, 4.69) is 9.55 Å². The van der Waals surface area contributed by atoms with Crippen molar-refractivity contribution in [3.63, 3.8) is 0 Å². The molecule has 20 heavy (non-hydrogen) atoms. The first-order valence-corrected chi connectivity index (χ1v) is 6.50. The number of nitrogens with two attached hydrogens (primary N) is 1. The van der Waals surface area contributed by atoms with Crippen molar-refractivity contribution < 1.29 is 0 Å². The first-order valence-electron chi connectivity index (χ1n) is 6.50. The van der Waals surface area contributed by atoms with Crippen LogP contribution in [0.25, 0.3) is 10.9 Å². The molecule has 4 nitrogen and oxygen atoms in total. The molecular formula is C16H15N3O. The predicted octanol–water partition coefficient (Wildman–Crippen LogP) is 1.90. The van der Waals surface area contributed by atoms with Gasteiger partial charge in [-0.1, -0.05) is 12.1 Å². The molecule has 0 aliphatic rings. The summed E-state index contributed by atoms with van der Waals surface area (Å²) in [4.78, 5) is 16.0. The van der Waals surface area contributed by atoms with Crippen LogP contribution in [0.2, 0.25) is 0 Å². The van der Waals surface area contributed by atoms with E-state index in [1.54, 1.807) is 12.3 Å². The number of fused-ring (bicyclic) bond motifs is 1. The molecule has 2 heterocycles. The maximum atomic E-state index is 11.8. The van der Waals surface area contributed by atoms with Gasteiger partial charge < -0.3 is 10.3 Å². The zero-order valence-electron chi connectivity index (χ0n) is 11.0. The van der Waals surface area contributed by atoms with Crippen LogP contribution in [0.1, 0.15) is 11.3 Å². The van der Waals surface area contributed by atoms with Gasteiger partial charge >= 0.3 is 0 Å². The molecule has 0 aliphatic carbocycles. The summed E-state index contributed by atoms with van der Waals surface area (Å²) in [7, 11) is 0. The summed E-state index contributed by atoms with van der Waals surface area (Å²) < 4.78 is 2.06. The number of rotatable bonds is 3. The summed E-state index contributed by atoms with van der Waals surface area (Å²) in [6, 6.07) is 13.2. The van der Waals surface area contributed by atoms with Crippen molar-refractivity contribution >= 4 is 10.9 Å². The lowest BCUT2D eigenvalue weighted by Gasteiger charge is -2.11. The van der Waals surface area contributed by atoms with E-state index in [1.807, 2.05) is 42.6 Å². The van der Waals surface area contributed by atoms with Crippen molar-refractivity contribution in [1.82, 2.24) is 9.55 Å². The molecule has 0 amide bonds. The topological polar surface area (TPSA) is 60.9 Å². The highest BCUT2D eigenvalue weighted by Crippen LogP contribution is 2.12. The van der Waals surface area contributed by atoms with Crippen molar-refractivity contribution in [3.05, 3.63) is 76.3 Å². The lowest BCUT2D eigenvalue weighted by molar-refractivity contribution is 0.818. The van der Waals surface area contributed by atoms with Crippen molar-refractivity contribution in [2.24, 2.45) is 5.73 Å². The van der Waals surface area contributed by atoms with E-state index in [1.165, 1.54) is 0 Å². The molecule has 0 spiro atoms. The minimum absolute atomic E-state index is 0.0502. The zero-order valence-corrected chi connectivity index (χ0v) is 11.0. The van der Waals surface area contributed by atoms with Gasteiger partial charge in [-0.2, -0.15) is 0 Å². The number of nitrogens with zero attached hydrogens (tertiary/aromatic N) is 2. The second-order valence-electron chi connectivity index (χ2n) is 4.68. The van der Waals surface area contributed by atoms with Gasteiger partial charge in [0.2, 0.25) is 0 Å². The molecule has 0 aliphatic heterocycles. The highest BCUT2D eigenvalue weighted by atomic mass is 16.1. The van der Waals surface area contributed by atoms with Gasteiger partial charge in [-0.05, 0) is 29.8 Å². The Kier molecular flexibility index (Phi) is 3.31. The fourth-order valence-corrected chi connectivity index (χ4v) is 2.33. The van der Waals surface area contributed by atoms with E-state index in [4.69, 9.17) is 5.73 Å². The summed E-state index contributed by atoms with van der Waals surface area (Å²) in [5.74, 6) is 0. The van der Waals surface area contributed by atoms with Crippen molar-refractivity contribution in [2.75, 3.05) is 0 Å². The minimum Gasteiger partial charge on any atom is -0.343 e. The number of para-hydroxylation sites is 1. The highest BCUT2D eigenvalue weighted by molar-refractivity contribution is 5.78. The van der Waals surface area contributed by atoms with E-state index in [0.29, 0.717) is 13.1 Å². The van der Waals surface area contributed by atoms with Crippen LogP contribution in [-0.2, 0) is 13.1 Å². The van der Waals surface area contributed by atoms with Crippen LogP contribution in [0, 0.1) is 0 Å². The van der Waals surface area contributed by atoms with Crippen LogP contribution in [0.5, 0.6) is 0 Å². The fourth-order valence-electron chi connectivity index (χ4n) is 2.33. The van der Waals surface area contributed by atoms with Gasteiger partial charge in [0.15, 0.2) is 5.43 Å². The SMILES string of the molecule is NCc1cc(Cn2ccc(=O)c3ccccc32)ccn1. The van der Waals surface area contributed by atoms with Gasteiger partial charge in [0, 0.05) is 36.9 Å². The number of hydrogen-bond donors (Lipinski definition) is 1. The van der Waals surface area contributed by atoms with Crippen LogP contribution < -0.4 is 11.2 Å². The first-order chi connectivity index (χ1) is 9.78. The van der Waals surface area contributed by atoms with Crippen molar-refractivity contribution in [1.29, 1.82) is 0 Å². The maximum absolute atomic E-state index is 11.8. The Labute approximate surface area is 116 Å². The minimum atomic E-state index is 0.0502. The van der Waals surface area contributed by atoms with Crippen LogP contribution in [0.15, 0.2) is 59.7 Å². The maximum Gasteiger partial charge on any atom is 0.189 e. The Morgan fingerprint density at radius 1 is 1.15 bits per heavy atom. The average molecular weight is 265 g/mol. The predicted molar refractivity (Wildman–Crippen MR) is 79.4 cm³/mol. The molecule has 2 N–H and O–H groups in total. The Bertz CT molecular complexity index is 808. The molecule has 0 radical (unpaired) electrons. The van der Waals surface area contributed by atoms with Crippen LogP contribution in [-0.4, -0.2) is 9.55 Å². The second kappa shape index (κ2) is 5.27. The summed E-state index contributed by atoms with van der Waals surface area (Å²) in [5, 5.41) is 0.739. The normalized spacial score (nSPS) is 10.8. The van der Waals surface area contributed by atoms with E-state index >= 15 is 0 Å². The Hall–Kier alpha value is -2.46. The molecule has 0 bridgehead atoms.